The summed E-state index contributed by atoms with van der Waals surface area (Å²) in [7, 11) is 3.12. The number of rotatable bonds is 5. The predicted octanol–water partition coefficient (Wildman–Crippen LogP) is 3.17. The molecule has 1 amide bonds. The third-order valence-corrected chi connectivity index (χ3v) is 6.34. The standard InChI is InChI=1S/C25H26N4O4/c1-15-11-23(30)27-25-18-12-21(32-2)22(33-3)13-20(18)28(29(15)25)14-24(31)26-19-10-6-8-16-7-4-5-9-17(16)19/h4-5,7,9,11-13,19H,6,8,10,14H2,1-3H3,(H,26,31). The first kappa shape index (κ1) is 21.1. The Balaban J connectivity index is 1.58. The SMILES string of the molecule is COc1cc2c(cc1OC)n(CC(=O)NC1CCCc3ccccc31)n1c(C)cc(=O)nc21. The van der Waals surface area contributed by atoms with Crippen molar-refractivity contribution in [1.29, 1.82) is 0 Å². The van der Waals surface area contributed by atoms with E-state index in [0.717, 1.165) is 24.8 Å². The molecule has 0 aliphatic heterocycles. The van der Waals surface area contributed by atoms with E-state index >= 15 is 0 Å². The number of hydrogen-bond acceptors (Lipinski definition) is 5. The largest absolute Gasteiger partial charge is 0.493 e. The van der Waals surface area contributed by atoms with E-state index in [2.05, 4.69) is 22.4 Å². The smallest absolute Gasteiger partial charge is 0.273 e. The molecule has 170 valence electrons. The summed E-state index contributed by atoms with van der Waals surface area (Å²) in [6.45, 7) is 1.90. The van der Waals surface area contributed by atoms with Crippen LogP contribution in [0.15, 0.2) is 47.3 Å². The van der Waals surface area contributed by atoms with E-state index in [1.165, 1.54) is 17.2 Å². The van der Waals surface area contributed by atoms with E-state index in [4.69, 9.17) is 9.47 Å². The summed E-state index contributed by atoms with van der Waals surface area (Å²) < 4.78 is 14.6. The van der Waals surface area contributed by atoms with Gasteiger partial charge in [0.2, 0.25) is 5.91 Å². The first-order valence-electron chi connectivity index (χ1n) is 11.0. The minimum Gasteiger partial charge on any atom is -0.493 e. The molecular formula is C25H26N4O4. The van der Waals surface area contributed by atoms with Gasteiger partial charge in [-0.05, 0) is 43.4 Å². The topological polar surface area (TPSA) is 86.9 Å². The zero-order valence-electron chi connectivity index (χ0n) is 18.9. The van der Waals surface area contributed by atoms with Crippen LogP contribution in [0.5, 0.6) is 11.5 Å². The number of ether oxygens (including phenoxy) is 2. The summed E-state index contributed by atoms with van der Waals surface area (Å²) in [6.07, 6.45) is 2.99. The van der Waals surface area contributed by atoms with Crippen LogP contribution in [0.3, 0.4) is 0 Å². The van der Waals surface area contributed by atoms with E-state index in [-0.39, 0.29) is 24.1 Å². The van der Waals surface area contributed by atoms with Crippen LogP contribution in [-0.2, 0) is 17.8 Å². The summed E-state index contributed by atoms with van der Waals surface area (Å²) >= 11 is 0. The van der Waals surface area contributed by atoms with Gasteiger partial charge in [0.1, 0.15) is 6.54 Å². The highest BCUT2D eigenvalue weighted by atomic mass is 16.5. The number of aromatic nitrogens is 3. The number of aryl methyl sites for hydroxylation is 2. The Bertz CT molecular complexity index is 1440. The Morgan fingerprint density at radius 1 is 1.15 bits per heavy atom. The molecule has 2 aromatic carbocycles. The second kappa shape index (κ2) is 8.27. The van der Waals surface area contributed by atoms with Gasteiger partial charge in [0.15, 0.2) is 17.1 Å². The molecule has 5 rings (SSSR count). The number of amides is 1. The quantitative estimate of drug-likeness (QED) is 0.509. The molecule has 1 aliphatic rings. The number of carbonyl (C=O) groups excluding carboxylic acids is 1. The molecule has 0 fully saturated rings. The van der Waals surface area contributed by atoms with Gasteiger partial charge in [0.25, 0.3) is 5.56 Å². The van der Waals surface area contributed by atoms with Gasteiger partial charge in [0, 0.05) is 23.2 Å². The maximum Gasteiger partial charge on any atom is 0.273 e. The molecule has 2 aromatic heterocycles. The van der Waals surface area contributed by atoms with Crippen molar-refractivity contribution in [2.75, 3.05) is 14.2 Å². The number of carbonyl (C=O) groups is 1. The zero-order valence-corrected chi connectivity index (χ0v) is 18.9. The Kier molecular flexibility index (Phi) is 5.28. The van der Waals surface area contributed by atoms with Crippen LogP contribution in [0.2, 0.25) is 0 Å². The van der Waals surface area contributed by atoms with Crippen LogP contribution < -0.4 is 20.3 Å². The molecular weight excluding hydrogens is 420 g/mol. The first-order chi connectivity index (χ1) is 16.0. The highest BCUT2D eigenvalue weighted by molar-refractivity contribution is 5.96. The number of nitrogens with zero attached hydrogens (tertiary/aromatic N) is 3. The lowest BCUT2D eigenvalue weighted by Gasteiger charge is -2.26. The number of benzene rings is 2. The Hall–Kier alpha value is -3.81. The van der Waals surface area contributed by atoms with Crippen molar-refractivity contribution in [1.82, 2.24) is 19.5 Å². The fourth-order valence-corrected chi connectivity index (χ4v) is 4.87. The molecule has 2 heterocycles. The molecule has 0 bridgehead atoms. The third-order valence-electron chi connectivity index (χ3n) is 6.34. The van der Waals surface area contributed by atoms with Gasteiger partial charge in [-0.3, -0.25) is 14.3 Å². The van der Waals surface area contributed by atoms with Crippen molar-refractivity contribution >= 4 is 22.5 Å². The van der Waals surface area contributed by atoms with Crippen LogP contribution >= 0.6 is 0 Å². The second-order valence-corrected chi connectivity index (χ2v) is 8.36. The van der Waals surface area contributed by atoms with E-state index < -0.39 is 0 Å². The zero-order chi connectivity index (χ0) is 23.1. The van der Waals surface area contributed by atoms with Crippen molar-refractivity contribution in [3.8, 4) is 11.5 Å². The molecule has 33 heavy (non-hydrogen) atoms. The van der Waals surface area contributed by atoms with Gasteiger partial charge >= 0.3 is 0 Å². The van der Waals surface area contributed by atoms with Crippen LogP contribution in [-0.4, -0.2) is 34.3 Å². The Morgan fingerprint density at radius 3 is 2.70 bits per heavy atom. The maximum absolute atomic E-state index is 13.2. The van der Waals surface area contributed by atoms with Crippen molar-refractivity contribution < 1.29 is 14.3 Å². The summed E-state index contributed by atoms with van der Waals surface area (Å²) in [5.74, 6) is 0.961. The molecule has 0 spiro atoms. The van der Waals surface area contributed by atoms with Gasteiger partial charge < -0.3 is 14.8 Å². The number of fused-ring (bicyclic) bond motifs is 4. The van der Waals surface area contributed by atoms with Gasteiger partial charge in [0.05, 0.1) is 25.8 Å². The summed E-state index contributed by atoms with van der Waals surface area (Å²) in [6, 6.07) is 13.3. The molecule has 1 unspecified atom stereocenters. The van der Waals surface area contributed by atoms with Gasteiger partial charge in [-0.15, -0.1) is 0 Å². The molecule has 0 saturated heterocycles. The summed E-state index contributed by atoms with van der Waals surface area (Å²) in [5, 5.41) is 3.93. The molecule has 0 saturated carbocycles. The fourth-order valence-electron chi connectivity index (χ4n) is 4.87. The maximum atomic E-state index is 13.2. The highest BCUT2D eigenvalue weighted by Crippen LogP contribution is 2.35. The van der Waals surface area contributed by atoms with Gasteiger partial charge in [-0.25, -0.2) is 4.52 Å². The van der Waals surface area contributed by atoms with Crippen LogP contribution in [0.25, 0.3) is 16.6 Å². The monoisotopic (exact) mass is 446 g/mol. The van der Waals surface area contributed by atoms with Crippen molar-refractivity contribution in [3.05, 3.63) is 69.6 Å². The van der Waals surface area contributed by atoms with Gasteiger partial charge in [-0.2, -0.15) is 4.98 Å². The average Bonchev–Trinajstić information content (AvgIpc) is 3.10. The summed E-state index contributed by atoms with van der Waals surface area (Å²) in [5.41, 5.74) is 4.05. The molecule has 8 heteroatoms. The molecule has 1 aliphatic carbocycles. The van der Waals surface area contributed by atoms with Crippen LogP contribution in [0, 0.1) is 6.92 Å². The van der Waals surface area contributed by atoms with Crippen molar-refractivity contribution in [2.45, 2.75) is 38.8 Å². The lowest BCUT2D eigenvalue weighted by atomic mass is 9.88. The van der Waals surface area contributed by atoms with E-state index in [0.29, 0.717) is 28.2 Å². The minimum atomic E-state index is -0.329. The first-order valence-corrected chi connectivity index (χ1v) is 11.0. The van der Waals surface area contributed by atoms with Crippen LogP contribution in [0.4, 0.5) is 0 Å². The normalized spacial score (nSPS) is 15.4. The number of nitrogens with one attached hydrogen (secondary N) is 1. The second-order valence-electron chi connectivity index (χ2n) is 8.36. The van der Waals surface area contributed by atoms with E-state index in [1.807, 2.05) is 29.8 Å². The van der Waals surface area contributed by atoms with E-state index in [1.54, 1.807) is 24.8 Å². The molecule has 1 atom stereocenters. The highest BCUT2D eigenvalue weighted by Gasteiger charge is 2.23. The third kappa shape index (κ3) is 3.61. The summed E-state index contributed by atoms with van der Waals surface area (Å²) in [4.78, 5) is 29.6. The van der Waals surface area contributed by atoms with Crippen LogP contribution in [0.1, 0.15) is 35.7 Å². The van der Waals surface area contributed by atoms with Crippen molar-refractivity contribution in [2.24, 2.45) is 0 Å². The minimum absolute atomic E-state index is 0.0114. The Morgan fingerprint density at radius 2 is 1.91 bits per heavy atom. The average molecular weight is 447 g/mol. The lowest BCUT2D eigenvalue weighted by molar-refractivity contribution is -0.122. The molecule has 4 aromatic rings. The molecule has 8 nitrogen and oxygen atoms in total. The van der Waals surface area contributed by atoms with E-state index in [9.17, 15) is 9.59 Å². The Labute approximate surface area is 190 Å². The number of methoxy groups -OCH3 is 2. The molecule has 1 N–H and O–H groups in total. The lowest BCUT2D eigenvalue weighted by Crippen LogP contribution is -2.34. The number of hydrogen-bond donors (Lipinski definition) is 1. The fraction of sp³-hybridized carbons (Fsp3) is 0.320. The van der Waals surface area contributed by atoms with Crippen molar-refractivity contribution in [3.63, 3.8) is 0 Å². The van der Waals surface area contributed by atoms with Gasteiger partial charge in [-0.1, -0.05) is 24.3 Å². The predicted molar refractivity (Wildman–Crippen MR) is 125 cm³/mol. The molecule has 0 radical (unpaired) electrons.